The Morgan fingerprint density at radius 3 is 1.93 bits per heavy atom. The Labute approximate surface area is 491 Å². The molecule has 2 fully saturated rings. The molecule has 2 heterocycles. The van der Waals surface area contributed by atoms with Crippen LogP contribution in [-0.2, 0) is 70.5 Å². The van der Waals surface area contributed by atoms with E-state index in [4.69, 9.17) is 14.3 Å². The maximum Gasteiger partial charge on any atom is 0.306 e. The molecule has 2 aromatic carbocycles. The monoisotopic (exact) mass is 1160 g/mol. The van der Waals surface area contributed by atoms with Crippen molar-refractivity contribution >= 4 is 58.9 Å². The average Bonchev–Trinajstić information content (AvgIpc) is 4.23. The second-order valence-corrected chi connectivity index (χ2v) is 23.3. The molecular formula is C61H95N9O13. The number of hydroxylamine groups is 1. The van der Waals surface area contributed by atoms with Crippen molar-refractivity contribution in [3.05, 3.63) is 65.7 Å². The summed E-state index contributed by atoms with van der Waals surface area (Å²) >= 11 is 0. The van der Waals surface area contributed by atoms with Gasteiger partial charge in [0.25, 0.3) is 5.91 Å². The zero-order chi connectivity index (χ0) is 61.7. The highest BCUT2D eigenvalue weighted by atomic mass is 16.7. The van der Waals surface area contributed by atoms with Crippen molar-refractivity contribution in [3.8, 4) is 0 Å². The van der Waals surface area contributed by atoms with Crippen molar-refractivity contribution in [2.75, 3.05) is 60.3 Å². The number of aliphatic carboxylic acids is 1. The van der Waals surface area contributed by atoms with Crippen LogP contribution in [0.4, 0.5) is 5.69 Å². The van der Waals surface area contributed by atoms with E-state index < -0.39 is 84.0 Å². The third-order valence-electron chi connectivity index (χ3n) is 16.3. The van der Waals surface area contributed by atoms with Gasteiger partial charge in [0, 0.05) is 65.9 Å². The summed E-state index contributed by atoms with van der Waals surface area (Å²) in [5.41, 5.74) is 4.37. The van der Waals surface area contributed by atoms with E-state index in [1.807, 2.05) is 90.9 Å². The maximum absolute atomic E-state index is 14.5. The lowest BCUT2D eigenvalue weighted by Crippen LogP contribution is -2.59. The molecule has 0 bridgehead atoms. The summed E-state index contributed by atoms with van der Waals surface area (Å²) in [6.45, 7) is 16.1. The molecule has 22 nitrogen and oxygen atoms in total. The highest BCUT2D eigenvalue weighted by molar-refractivity contribution is 5.97. The minimum Gasteiger partial charge on any atom is -0.481 e. The standard InChI is InChI=1S/C61H95N9O13/c1-14-39(6)54(68(11)60(78)52(37(2)3)65-59(77)53(38(4)5)67(9)10)48(81-12)35-51(73)70-31-19-22-47(70)55(82-13)40(7)56(74)64-46(34-42-20-16-15-17-21-42)58(76)66-83-36-43-25-27-45(28-26-43)63-57(75)41(8)62-49(71)23-18-24-50(72)69-32-29-44(30-33-69)61(79)80/h15-17,20-21,25-28,37-41,44,46-48,52-55H,14,18-19,22-24,29-36H2,1-13H3,(H,62,71)(H,63,75)(H,64,74)(H,65,77)(H,66,76)(H,79,80). The molecule has 8 amide bonds. The first-order chi connectivity index (χ1) is 39.3. The minimum atomic E-state index is -1.07. The molecule has 10 unspecified atom stereocenters. The summed E-state index contributed by atoms with van der Waals surface area (Å²) in [6, 6.07) is 11.7. The van der Waals surface area contributed by atoms with Crippen LogP contribution in [0.25, 0.3) is 0 Å². The van der Waals surface area contributed by atoms with Crippen LogP contribution < -0.4 is 26.7 Å². The molecular weight excluding hydrogens is 1070 g/mol. The molecule has 6 N–H and O–H groups in total. The molecule has 0 aromatic heterocycles. The second-order valence-electron chi connectivity index (χ2n) is 23.3. The van der Waals surface area contributed by atoms with Gasteiger partial charge in [-0.1, -0.05) is 97.4 Å². The number of methoxy groups -OCH3 is 2. The number of likely N-dealkylation sites (N-methyl/N-ethyl adjacent to an activating group) is 2. The number of rotatable bonds is 32. The highest BCUT2D eigenvalue weighted by Crippen LogP contribution is 2.30. The molecule has 0 saturated carbocycles. The fourth-order valence-corrected chi connectivity index (χ4v) is 11.3. The first kappa shape index (κ1) is 69.0. The Morgan fingerprint density at radius 1 is 0.711 bits per heavy atom. The van der Waals surface area contributed by atoms with Gasteiger partial charge in [0.15, 0.2) is 0 Å². The van der Waals surface area contributed by atoms with E-state index in [0.717, 1.165) is 5.56 Å². The summed E-state index contributed by atoms with van der Waals surface area (Å²) in [5.74, 6) is -5.22. The highest BCUT2D eigenvalue weighted by Gasteiger charge is 2.44. The number of hydrogen-bond acceptors (Lipinski definition) is 13. The van der Waals surface area contributed by atoms with E-state index in [1.54, 1.807) is 59.9 Å². The largest absolute Gasteiger partial charge is 0.481 e. The molecule has 2 aliphatic rings. The lowest BCUT2D eigenvalue weighted by Gasteiger charge is -2.41. The topological polar surface area (TPSA) is 275 Å². The lowest BCUT2D eigenvalue weighted by molar-refractivity contribution is -0.148. The molecule has 2 aliphatic heterocycles. The molecule has 2 saturated heterocycles. The predicted octanol–water partition coefficient (Wildman–Crippen LogP) is 4.55. The van der Waals surface area contributed by atoms with Crippen LogP contribution in [0.2, 0.25) is 0 Å². The quantitative estimate of drug-likeness (QED) is 0.0549. The van der Waals surface area contributed by atoms with Gasteiger partial charge in [-0.15, -0.1) is 0 Å². The maximum atomic E-state index is 14.5. The van der Waals surface area contributed by atoms with E-state index >= 15 is 0 Å². The third kappa shape index (κ3) is 20.4. The van der Waals surface area contributed by atoms with E-state index in [1.165, 1.54) is 14.2 Å². The number of likely N-dealkylation sites (tertiary alicyclic amines) is 2. The number of carboxylic acid groups (broad SMARTS) is 1. The third-order valence-corrected chi connectivity index (χ3v) is 16.3. The van der Waals surface area contributed by atoms with Crippen molar-refractivity contribution < 1.29 is 62.6 Å². The molecule has 0 radical (unpaired) electrons. The van der Waals surface area contributed by atoms with Crippen LogP contribution in [0.5, 0.6) is 0 Å². The smallest absolute Gasteiger partial charge is 0.306 e. The Balaban J connectivity index is 1.34. The van der Waals surface area contributed by atoms with Gasteiger partial charge >= 0.3 is 5.97 Å². The van der Waals surface area contributed by atoms with Gasteiger partial charge in [-0.05, 0) is 94.1 Å². The van der Waals surface area contributed by atoms with Gasteiger partial charge in [-0.3, -0.25) is 52.9 Å². The number of piperidine rings is 1. The van der Waals surface area contributed by atoms with Crippen LogP contribution in [0.3, 0.4) is 0 Å². The summed E-state index contributed by atoms with van der Waals surface area (Å²) in [7, 11) is 8.41. The number of carboxylic acids is 1. The normalized spacial score (nSPS) is 18.0. The number of amides is 8. The van der Waals surface area contributed by atoms with Gasteiger partial charge in [0.2, 0.25) is 41.4 Å². The van der Waals surface area contributed by atoms with E-state index in [0.29, 0.717) is 63.0 Å². The number of benzene rings is 2. The minimum absolute atomic E-state index is 0.00414. The van der Waals surface area contributed by atoms with Crippen LogP contribution >= 0.6 is 0 Å². The molecule has 10 atom stereocenters. The number of nitrogens with one attached hydrogen (secondary N) is 5. The SMILES string of the molecule is CCC(C)C(C(CC(=O)N1CCCC1C(OC)C(C)C(=O)NC(Cc1ccccc1)C(=O)NOCc1ccc(NC(=O)C(C)NC(=O)CCCC(=O)N2CCC(C(=O)O)CC2)cc1)OC)N(C)C(=O)C(NC(=O)C(C(C)C)N(C)C)C(C)C. The fraction of sp³-hybridized carbons (Fsp3) is 0.656. The number of carbonyl (C=O) groups is 9. The molecule has 2 aromatic rings. The van der Waals surface area contributed by atoms with Crippen molar-refractivity contribution in [1.29, 1.82) is 0 Å². The van der Waals surface area contributed by atoms with Crippen LogP contribution in [-0.4, -0.2) is 181 Å². The second kappa shape index (κ2) is 33.7. The Kier molecular flexibility index (Phi) is 28.0. The van der Waals surface area contributed by atoms with E-state index in [2.05, 4.69) is 26.7 Å². The van der Waals surface area contributed by atoms with Crippen molar-refractivity contribution in [1.82, 2.24) is 41.0 Å². The number of ether oxygens (including phenoxy) is 2. The van der Waals surface area contributed by atoms with E-state index in [-0.39, 0.29) is 86.0 Å². The first-order valence-electron chi connectivity index (χ1n) is 29.4. The summed E-state index contributed by atoms with van der Waals surface area (Å²) in [5, 5.41) is 20.6. The first-order valence-corrected chi connectivity index (χ1v) is 29.4. The van der Waals surface area contributed by atoms with Crippen molar-refractivity contribution in [3.63, 3.8) is 0 Å². The molecule has 462 valence electrons. The van der Waals surface area contributed by atoms with Crippen molar-refractivity contribution in [2.45, 2.75) is 175 Å². The average molecular weight is 1160 g/mol. The van der Waals surface area contributed by atoms with Crippen LogP contribution in [0.15, 0.2) is 54.6 Å². The number of nitrogens with zero attached hydrogens (tertiary/aromatic N) is 4. The number of hydrogen-bond donors (Lipinski definition) is 6. The molecule has 0 spiro atoms. The Morgan fingerprint density at radius 2 is 1.36 bits per heavy atom. The summed E-state index contributed by atoms with van der Waals surface area (Å²) < 4.78 is 12.1. The van der Waals surface area contributed by atoms with Gasteiger partial charge in [0.1, 0.15) is 18.1 Å². The molecule has 83 heavy (non-hydrogen) atoms. The zero-order valence-corrected chi connectivity index (χ0v) is 51.2. The molecule has 4 rings (SSSR count). The summed E-state index contributed by atoms with van der Waals surface area (Å²) in [6.07, 6.45) is 1.80. The van der Waals surface area contributed by atoms with Gasteiger partial charge in [-0.2, -0.15) is 0 Å². The molecule has 22 heteroatoms. The van der Waals surface area contributed by atoms with Gasteiger partial charge in [0.05, 0.1) is 55.2 Å². The summed E-state index contributed by atoms with van der Waals surface area (Å²) in [4.78, 5) is 133. The van der Waals surface area contributed by atoms with Gasteiger partial charge in [-0.25, -0.2) is 5.48 Å². The number of anilines is 1. The number of carbonyl (C=O) groups excluding carboxylic acids is 8. The van der Waals surface area contributed by atoms with E-state index in [9.17, 15) is 48.3 Å². The van der Waals surface area contributed by atoms with Gasteiger partial charge < -0.3 is 50.5 Å². The Bertz CT molecular complexity index is 2450. The fourth-order valence-electron chi connectivity index (χ4n) is 11.3. The Hall–Kier alpha value is -6.49. The van der Waals surface area contributed by atoms with Crippen LogP contribution in [0.1, 0.15) is 124 Å². The molecule has 0 aliphatic carbocycles. The van der Waals surface area contributed by atoms with Crippen molar-refractivity contribution in [2.24, 2.45) is 29.6 Å². The zero-order valence-electron chi connectivity index (χ0n) is 51.2. The van der Waals surface area contributed by atoms with Crippen LogP contribution in [0, 0.1) is 29.6 Å². The predicted molar refractivity (Wildman–Crippen MR) is 314 cm³/mol. The lowest BCUT2D eigenvalue weighted by atomic mass is 9.89.